The van der Waals surface area contributed by atoms with Gasteiger partial charge in [-0.05, 0) is 18.6 Å². The quantitative estimate of drug-likeness (QED) is 0.774. The molecule has 0 bridgehead atoms. The molecule has 17 heavy (non-hydrogen) atoms. The molecular formula is C12H19N3O2. The third kappa shape index (κ3) is 2.94. The monoisotopic (exact) mass is 237 g/mol. The molecule has 1 aromatic heterocycles. The van der Waals surface area contributed by atoms with E-state index in [0.717, 1.165) is 44.1 Å². The molecule has 0 spiro atoms. The van der Waals surface area contributed by atoms with Crippen LogP contribution < -0.4 is 11.3 Å². The van der Waals surface area contributed by atoms with Gasteiger partial charge < -0.3 is 15.5 Å². The van der Waals surface area contributed by atoms with Gasteiger partial charge in [0.2, 0.25) is 0 Å². The van der Waals surface area contributed by atoms with Gasteiger partial charge in [-0.2, -0.15) is 0 Å². The molecular weight excluding hydrogens is 218 g/mol. The predicted octanol–water partition coefficient (Wildman–Crippen LogP) is -0.0258. The first-order chi connectivity index (χ1) is 8.20. The van der Waals surface area contributed by atoms with Crippen LogP contribution in [-0.4, -0.2) is 36.2 Å². The number of aryl methyl sites for hydroxylation is 1. The van der Waals surface area contributed by atoms with Crippen molar-refractivity contribution in [3.05, 3.63) is 33.2 Å². The molecule has 5 nitrogen and oxygen atoms in total. The van der Waals surface area contributed by atoms with Gasteiger partial charge in [0, 0.05) is 37.4 Å². The van der Waals surface area contributed by atoms with Gasteiger partial charge in [-0.1, -0.05) is 0 Å². The van der Waals surface area contributed by atoms with Crippen molar-refractivity contribution in [2.24, 2.45) is 5.73 Å². The highest BCUT2D eigenvalue weighted by molar-refractivity contribution is 5.26. The minimum absolute atomic E-state index is 0.0595. The average molecular weight is 237 g/mol. The van der Waals surface area contributed by atoms with Crippen molar-refractivity contribution < 1.29 is 4.74 Å². The lowest BCUT2D eigenvalue weighted by atomic mass is 10.1. The summed E-state index contributed by atoms with van der Waals surface area (Å²) in [6, 6.07) is 2.01. The molecule has 94 valence electrons. The topological polar surface area (TPSA) is 71.3 Å². The van der Waals surface area contributed by atoms with Crippen LogP contribution in [0.1, 0.15) is 16.8 Å². The van der Waals surface area contributed by atoms with Crippen LogP contribution in [0.5, 0.6) is 0 Å². The highest BCUT2D eigenvalue weighted by Gasteiger charge is 2.14. The van der Waals surface area contributed by atoms with Gasteiger partial charge in [-0.15, -0.1) is 0 Å². The Hall–Kier alpha value is -1.17. The lowest BCUT2D eigenvalue weighted by Crippen LogP contribution is -2.36. The van der Waals surface area contributed by atoms with Gasteiger partial charge in [0.25, 0.3) is 5.56 Å². The fourth-order valence-electron chi connectivity index (χ4n) is 2.15. The van der Waals surface area contributed by atoms with Crippen LogP contribution in [0.3, 0.4) is 0 Å². The Kier molecular flexibility index (Phi) is 3.93. The molecule has 3 N–H and O–H groups in total. The molecule has 0 amide bonds. The van der Waals surface area contributed by atoms with Crippen molar-refractivity contribution in [3.63, 3.8) is 0 Å². The Morgan fingerprint density at radius 3 is 2.82 bits per heavy atom. The van der Waals surface area contributed by atoms with Crippen LogP contribution in [-0.2, 0) is 17.8 Å². The maximum Gasteiger partial charge on any atom is 0.252 e. The molecule has 0 unspecified atom stereocenters. The lowest BCUT2D eigenvalue weighted by Gasteiger charge is -2.27. The van der Waals surface area contributed by atoms with Crippen molar-refractivity contribution in [2.75, 3.05) is 26.3 Å². The molecule has 1 fully saturated rings. The van der Waals surface area contributed by atoms with Crippen LogP contribution in [0, 0.1) is 6.92 Å². The lowest BCUT2D eigenvalue weighted by molar-refractivity contribution is 0.0340. The fraction of sp³-hybridized carbons (Fsp3) is 0.583. The first-order valence-electron chi connectivity index (χ1n) is 5.92. The van der Waals surface area contributed by atoms with Crippen LogP contribution in [0.2, 0.25) is 0 Å². The van der Waals surface area contributed by atoms with E-state index in [1.54, 1.807) is 0 Å². The van der Waals surface area contributed by atoms with E-state index < -0.39 is 0 Å². The van der Waals surface area contributed by atoms with E-state index in [-0.39, 0.29) is 12.1 Å². The summed E-state index contributed by atoms with van der Waals surface area (Å²) in [6.07, 6.45) is 0. The second-order valence-electron chi connectivity index (χ2n) is 4.38. The van der Waals surface area contributed by atoms with Gasteiger partial charge in [0.1, 0.15) is 0 Å². The van der Waals surface area contributed by atoms with Gasteiger partial charge >= 0.3 is 0 Å². The van der Waals surface area contributed by atoms with Gasteiger partial charge in [0.05, 0.1) is 13.2 Å². The van der Waals surface area contributed by atoms with E-state index in [9.17, 15) is 4.79 Å². The van der Waals surface area contributed by atoms with Gasteiger partial charge in [0.15, 0.2) is 0 Å². The smallest absolute Gasteiger partial charge is 0.252 e. The first-order valence-corrected chi connectivity index (χ1v) is 5.92. The maximum absolute atomic E-state index is 11.8. The highest BCUT2D eigenvalue weighted by Crippen LogP contribution is 2.10. The molecule has 0 aliphatic carbocycles. The summed E-state index contributed by atoms with van der Waals surface area (Å²) in [5.41, 5.74) is 8.20. The van der Waals surface area contributed by atoms with E-state index in [1.165, 1.54) is 0 Å². The van der Waals surface area contributed by atoms with Gasteiger partial charge in [-0.3, -0.25) is 9.69 Å². The van der Waals surface area contributed by atoms with Crippen LogP contribution in [0.4, 0.5) is 0 Å². The zero-order valence-corrected chi connectivity index (χ0v) is 10.2. The van der Waals surface area contributed by atoms with E-state index in [4.69, 9.17) is 10.5 Å². The molecule has 5 heteroatoms. The molecule has 1 saturated heterocycles. The van der Waals surface area contributed by atoms with Crippen molar-refractivity contribution >= 4 is 0 Å². The molecule has 2 heterocycles. The molecule has 1 aromatic rings. The number of hydrogen-bond acceptors (Lipinski definition) is 4. The molecule has 0 aromatic carbocycles. The number of aromatic amines is 1. The minimum atomic E-state index is -0.0595. The SMILES string of the molecule is Cc1cc(CN2CCOCC2)c(CN)c(=O)[nH]1. The Morgan fingerprint density at radius 2 is 2.18 bits per heavy atom. The summed E-state index contributed by atoms with van der Waals surface area (Å²) in [4.78, 5) is 16.8. The number of nitrogens with zero attached hydrogens (tertiary/aromatic N) is 1. The first kappa shape index (κ1) is 12.3. The van der Waals surface area contributed by atoms with E-state index >= 15 is 0 Å². The Morgan fingerprint density at radius 1 is 1.47 bits per heavy atom. The summed E-state index contributed by atoms with van der Waals surface area (Å²) < 4.78 is 5.31. The van der Waals surface area contributed by atoms with Crippen molar-refractivity contribution in [3.8, 4) is 0 Å². The second kappa shape index (κ2) is 5.44. The molecule has 2 rings (SSSR count). The summed E-state index contributed by atoms with van der Waals surface area (Å²) in [7, 11) is 0. The predicted molar refractivity (Wildman–Crippen MR) is 65.8 cm³/mol. The van der Waals surface area contributed by atoms with E-state index in [2.05, 4.69) is 9.88 Å². The average Bonchev–Trinajstić information content (AvgIpc) is 2.30. The van der Waals surface area contributed by atoms with Crippen LogP contribution in [0.15, 0.2) is 10.9 Å². The normalized spacial score (nSPS) is 17.3. The third-order valence-electron chi connectivity index (χ3n) is 3.06. The maximum atomic E-state index is 11.8. The third-order valence-corrected chi connectivity index (χ3v) is 3.06. The van der Waals surface area contributed by atoms with Crippen molar-refractivity contribution in [1.29, 1.82) is 0 Å². The van der Waals surface area contributed by atoms with Crippen molar-refractivity contribution in [1.82, 2.24) is 9.88 Å². The highest BCUT2D eigenvalue weighted by atomic mass is 16.5. The minimum Gasteiger partial charge on any atom is -0.379 e. The second-order valence-corrected chi connectivity index (χ2v) is 4.38. The summed E-state index contributed by atoms with van der Waals surface area (Å²) >= 11 is 0. The molecule has 1 aliphatic rings. The Labute approximate surface area is 101 Å². The summed E-state index contributed by atoms with van der Waals surface area (Å²) in [5, 5.41) is 0. The number of nitrogens with one attached hydrogen (secondary N) is 1. The van der Waals surface area contributed by atoms with Gasteiger partial charge in [-0.25, -0.2) is 0 Å². The van der Waals surface area contributed by atoms with E-state index in [1.807, 2.05) is 13.0 Å². The summed E-state index contributed by atoms with van der Waals surface area (Å²) in [6.45, 7) is 6.31. The molecule has 0 atom stereocenters. The number of morpholine rings is 1. The molecule has 0 radical (unpaired) electrons. The standard InChI is InChI=1S/C12H19N3O2/c1-9-6-10(11(7-13)12(16)14-9)8-15-2-4-17-5-3-15/h6H,2-5,7-8,13H2,1H3,(H,14,16). The van der Waals surface area contributed by atoms with Crippen LogP contribution >= 0.6 is 0 Å². The zero-order valence-electron chi connectivity index (χ0n) is 10.2. The largest absolute Gasteiger partial charge is 0.379 e. The number of aromatic nitrogens is 1. The molecule has 0 saturated carbocycles. The number of ether oxygens (including phenoxy) is 1. The Bertz CT molecular complexity index is 436. The number of pyridine rings is 1. The number of H-pyrrole nitrogens is 1. The van der Waals surface area contributed by atoms with Crippen molar-refractivity contribution in [2.45, 2.75) is 20.0 Å². The van der Waals surface area contributed by atoms with E-state index in [0.29, 0.717) is 5.56 Å². The zero-order chi connectivity index (χ0) is 12.3. The number of nitrogens with two attached hydrogens (primary N) is 1. The Balaban J connectivity index is 2.21. The number of hydrogen-bond donors (Lipinski definition) is 2. The summed E-state index contributed by atoms with van der Waals surface area (Å²) in [5.74, 6) is 0. The fourth-order valence-corrected chi connectivity index (χ4v) is 2.15. The molecule has 1 aliphatic heterocycles. The number of rotatable bonds is 3. The van der Waals surface area contributed by atoms with Crippen LogP contribution in [0.25, 0.3) is 0 Å².